The topological polar surface area (TPSA) is 24.9 Å². The number of nitrogens with zero attached hydrogens (tertiary/aromatic N) is 1. The van der Waals surface area contributed by atoms with Gasteiger partial charge < -0.3 is 5.32 Å². The number of aromatic nitrogens is 1. The third-order valence-electron chi connectivity index (χ3n) is 2.74. The molecule has 2 nitrogen and oxygen atoms in total. The van der Waals surface area contributed by atoms with Gasteiger partial charge in [-0.3, -0.25) is 4.98 Å². The van der Waals surface area contributed by atoms with Gasteiger partial charge in [0.1, 0.15) is 0 Å². The summed E-state index contributed by atoms with van der Waals surface area (Å²) in [6.45, 7) is 5.30. The number of halogens is 2. The summed E-state index contributed by atoms with van der Waals surface area (Å²) in [7, 11) is 0. The molecule has 0 bridgehead atoms. The third kappa shape index (κ3) is 5.98. The number of nitrogens with one attached hydrogen (secondary N) is 1. The maximum absolute atomic E-state index is 4.39. The first-order valence-corrected chi connectivity index (χ1v) is 7.75. The summed E-state index contributed by atoms with van der Waals surface area (Å²) in [4.78, 5) is 4.39. The van der Waals surface area contributed by atoms with Gasteiger partial charge in [-0.1, -0.05) is 26.2 Å². The number of hydrogen-bond donors (Lipinski definition) is 1. The van der Waals surface area contributed by atoms with E-state index in [1.165, 1.54) is 25.7 Å². The molecule has 0 radical (unpaired) electrons. The average molecular weight is 364 g/mol. The number of hydrogen-bond acceptors (Lipinski definition) is 2. The van der Waals surface area contributed by atoms with Crippen LogP contribution in [-0.4, -0.2) is 11.0 Å². The van der Waals surface area contributed by atoms with Crippen LogP contribution in [0.4, 0.5) is 0 Å². The second-order valence-corrected chi connectivity index (χ2v) is 6.13. The van der Waals surface area contributed by atoms with E-state index in [4.69, 9.17) is 0 Å². The zero-order valence-corrected chi connectivity index (χ0v) is 13.6. The molecule has 0 fully saturated rings. The smallest absolute Gasteiger partial charge is 0.0684 e. The van der Waals surface area contributed by atoms with Crippen LogP contribution in [0.2, 0.25) is 0 Å². The highest BCUT2D eigenvalue weighted by Gasteiger charge is 2.05. The van der Waals surface area contributed by atoms with E-state index in [-0.39, 0.29) is 0 Å². The van der Waals surface area contributed by atoms with E-state index in [0.717, 1.165) is 21.2 Å². The van der Waals surface area contributed by atoms with E-state index >= 15 is 0 Å². The lowest BCUT2D eigenvalue weighted by molar-refractivity contribution is 0.483. The van der Waals surface area contributed by atoms with Crippen molar-refractivity contribution < 1.29 is 0 Å². The minimum absolute atomic E-state index is 0.555. The lowest BCUT2D eigenvalue weighted by Crippen LogP contribution is -2.25. The third-order valence-corrected chi connectivity index (χ3v) is 3.86. The Morgan fingerprint density at radius 3 is 2.76 bits per heavy atom. The minimum Gasteiger partial charge on any atom is -0.309 e. The first-order valence-electron chi connectivity index (χ1n) is 6.16. The Hall–Kier alpha value is 0.0700. The van der Waals surface area contributed by atoms with Gasteiger partial charge in [0.2, 0.25) is 0 Å². The molecule has 17 heavy (non-hydrogen) atoms. The van der Waals surface area contributed by atoms with Crippen molar-refractivity contribution in [2.24, 2.45) is 0 Å². The van der Waals surface area contributed by atoms with Crippen LogP contribution in [-0.2, 0) is 6.54 Å². The summed E-state index contributed by atoms with van der Waals surface area (Å²) < 4.78 is 2.06. The van der Waals surface area contributed by atoms with E-state index in [1.54, 1.807) is 0 Å². The second kappa shape index (κ2) is 8.22. The van der Waals surface area contributed by atoms with Crippen LogP contribution in [0.25, 0.3) is 0 Å². The SMILES string of the molecule is CCCCCC(C)NCc1ncc(Br)cc1Br. The van der Waals surface area contributed by atoms with Gasteiger partial charge in [-0.2, -0.15) is 0 Å². The van der Waals surface area contributed by atoms with E-state index < -0.39 is 0 Å². The quantitative estimate of drug-likeness (QED) is 0.712. The van der Waals surface area contributed by atoms with Gasteiger partial charge >= 0.3 is 0 Å². The Morgan fingerprint density at radius 1 is 1.35 bits per heavy atom. The molecule has 0 aliphatic rings. The molecule has 4 heteroatoms. The molecule has 0 saturated heterocycles. The minimum atomic E-state index is 0.555. The van der Waals surface area contributed by atoms with Crippen molar-refractivity contribution in [1.82, 2.24) is 10.3 Å². The molecule has 0 aliphatic carbocycles. The Labute approximate surface area is 121 Å². The molecule has 1 aromatic rings. The normalized spacial score (nSPS) is 12.7. The highest BCUT2D eigenvalue weighted by Crippen LogP contribution is 2.19. The van der Waals surface area contributed by atoms with Crippen molar-refractivity contribution in [2.75, 3.05) is 0 Å². The van der Waals surface area contributed by atoms with Crippen LogP contribution in [0.5, 0.6) is 0 Å². The fraction of sp³-hybridized carbons (Fsp3) is 0.615. The van der Waals surface area contributed by atoms with Crippen molar-refractivity contribution in [3.63, 3.8) is 0 Å². The summed E-state index contributed by atoms with van der Waals surface area (Å²) in [6.07, 6.45) is 6.99. The molecule has 1 N–H and O–H groups in total. The number of rotatable bonds is 7. The molecule has 0 amide bonds. The van der Waals surface area contributed by atoms with Crippen LogP contribution < -0.4 is 5.32 Å². The fourth-order valence-corrected chi connectivity index (χ4v) is 2.77. The van der Waals surface area contributed by atoms with E-state index in [2.05, 4.69) is 56.0 Å². The average Bonchev–Trinajstić information content (AvgIpc) is 2.28. The molecule has 0 saturated carbocycles. The van der Waals surface area contributed by atoms with Crippen LogP contribution in [0.3, 0.4) is 0 Å². The molecule has 96 valence electrons. The fourth-order valence-electron chi connectivity index (χ4n) is 1.65. The second-order valence-electron chi connectivity index (χ2n) is 4.36. The van der Waals surface area contributed by atoms with Crippen molar-refractivity contribution in [1.29, 1.82) is 0 Å². The van der Waals surface area contributed by atoms with Crippen molar-refractivity contribution >= 4 is 31.9 Å². The Balaban J connectivity index is 2.34. The molecule has 1 aromatic heterocycles. The first kappa shape index (κ1) is 15.1. The van der Waals surface area contributed by atoms with Crippen LogP contribution in [0.1, 0.15) is 45.2 Å². The summed E-state index contributed by atoms with van der Waals surface area (Å²) in [5.41, 5.74) is 1.07. The Kier molecular flexibility index (Phi) is 7.32. The van der Waals surface area contributed by atoms with Gasteiger partial charge in [-0.25, -0.2) is 0 Å². The molecule has 0 aliphatic heterocycles. The zero-order chi connectivity index (χ0) is 12.7. The lowest BCUT2D eigenvalue weighted by Gasteiger charge is -2.13. The van der Waals surface area contributed by atoms with Gasteiger partial charge in [-0.05, 0) is 51.3 Å². The van der Waals surface area contributed by atoms with E-state index in [1.807, 2.05) is 12.3 Å². The van der Waals surface area contributed by atoms with Crippen LogP contribution >= 0.6 is 31.9 Å². The highest BCUT2D eigenvalue weighted by atomic mass is 79.9. The largest absolute Gasteiger partial charge is 0.309 e. The van der Waals surface area contributed by atoms with Crippen molar-refractivity contribution in [2.45, 2.75) is 52.1 Å². The molecular weight excluding hydrogens is 344 g/mol. The van der Waals surface area contributed by atoms with Gasteiger partial charge in [-0.15, -0.1) is 0 Å². The highest BCUT2D eigenvalue weighted by molar-refractivity contribution is 9.11. The molecular formula is C13H20Br2N2. The predicted molar refractivity (Wildman–Crippen MR) is 80.1 cm³/mol. The lowest BCUT2D eigenvalue weighted by atomic mass is 10.1. The predicted octanol–water partition coefficient (Wildman–Crippen LogP) is 4.67. The van der Waals surface area contributed by atoms with Crippen molar-refractivity contribution in [3.8, 4) is 0 Å². The maximum atomic E-state index is 4.39. The molecule has 1 atom stereocenters. The van der Waals surface area contributed by atoms with Gasteiger partial charge in [0, 0.05) is 27.7 Å². The van der Waals surface area contributed by atoms with E-state index in [9.17, 15) is 0 Å². The number of unbranched alkanes of at least 4 members (excludes halogenated alkanes) is 2. The summed E-state index contributed by atoms with van der Waals surface area (Å²) >= 11 is 6.93. The Bertz CT molecular complexity index is 342. The maximum Gasteiger partial charge on any atom is 0.0684 e. The summed E-state index contributed by atoms with van der Waals surface area (Å²) in [5, 5.41) is 3.51. The molecule has 0 spiro atoms. The standard InChI is InChI=1S/C13H20Br2N2/c1-3-4-5-6-10(2)16-9-13-12(15)7-11(14)8-17-13/h7-8,10,16H,3-6,9H2,1-2H3. The van der Waals surface area contributed by atoms with E-state index in [0.29, 0.717) is 6.04 Å². The molecule has 1 heterocycles. The van der Waals surface area contributed by atoms with Gasteiger partial charge in [0.15, 0.2) is 0 Å². The van der Waals surface area contributed by atoms with Crippen LogP contribution in [0.15, 0.2) is 21.2 Å². The van der Waals surface area contributed by atoms with Crippen molar-refractivity contribution in [3.05, 3.63) is 26.9 Å². The zero-order valence-electron chi connectivity index (χ0n) is 10.5. The molecule has 1 unspecified atom stereocenters. The van der Waals surface area contributed by atoms with Gasteiger partial charge in [0.05, 0.1) is 5.69 Å². The Morgan fingerprint density at radius 2 is 2.12 bits per heavy atom. The first-order chi connectivity index (χ1) is 8.13. The van der Waals surface area contributed by atoms with Gasteiger partial charge in [0.25, 0.3) is 0 Å². The number of pyridine rings is 1. The summed E-state index contributed by atoms with van der Waals surface area (Å²) in [6, 6.07) is 2.59. The molecule has 0 aromatic carbocycles. The monoisotopic (exact) mass is 362 g/mol. The van der Waals surface area contributed by atoms with Crippen LogP contribution in [0, 0.1) is 0 Å². The molecule has 1 rings (SSSR count). The summed E-state index contributed by atoms with van der Waals surface area (Å²) in [5.74, 6) is 0.